The molecule has 0 heterocycles. The summed E-state index contributed by atoms with van der Waals surface area (Å²) in [6.45, 7) is -0.342. The second kappa shape index (κ2) is 9.49. The molecule has 1 saturated carbocycles. The van der Waals surface area contributed by atoms with E-state index >= 15 is 0 Å². The average molecular weight is 338 g/mol. The van der Waals surface area contributed by atoms with E-state index in [0.717, 1.165) is 6.42 Å². The molecule has 0 radical (unpaired) electrons. The topological polar surface area (TPSA) is 101 Å². The Bertz CT molecular complexity index is 466. The minimum atomic E-state index is -0.875. The van der Waals surface area contributed by atoms with Gasteiger partial charge in [-0.2, -0.15) is 0 Å². The monoisotopic (exact) mass is 338 g/mol. The predicted octanol–water partition coefficient (Wildman–Crippen LogP) is 0.861. The molecule has 136 valence electrons. The van der Waals surface area contributed by atoms with Crippen LogP contribution in [0, 0.1) is 11.8 Å². The number of benzene rings is 1. The van der Waals surface area contributed by atoms with E-state index in [9.17, 15) is 20.4 Å². The van der Waals surface area contributed by atoms with Crippen molar-refractivity contribution in [2.45, 2.75) is 62.9 Å². The number of aliphatic hydroxyl groups excluding tert-OH is 5. The largest absolute Gasteiger partial charge is 0.394 e. The number of hydrogen-bond donors (Lipinski definition) is 5. The van der Waals surface area contributed by atoms with Crippen LogP contribution in [0.3, 0.4) is 0 Å². The molecule has 0 amide bonds. The Morgan fingerprint density at radius 3 is 2.25 bits per heavy atom. The third kappa shape index (κ3) is 5.53. The summed E-state index contributed by atoms with van der Waals surface area (Å²) in [5.74, 6) is -0.379. The summed E-state index contributed by atoms with van der Waals surface area (Å²) in [4.78, 5) is 0. The van der Waals surface area contributed by atoms with Crippen LogP contribution in [-0.4, -0.2) is 56.6 Å². The van der Waals surface area contributed by atoms with E-state index in [1.165, 1.54) is 5.56 Å². The van der Waals surface area contributed by atoms with Gasteiger partial charge in [-0.3, -0.25) is 0 Å². The average Bonchev–Trinajstić information content (AvgIpc) is 2.85. The number of aliphatic hydroxyl groups is 5. The zero-order valence-electron chi connectivity index (χ0n) is 14.0. The highest BCUT2D eigenvalue weighted by atomic mass is 16.3. The predicted molar refractivity (Wildman–Crippen MR) is 91.3 cm³/mol. The molecule has 1 aliphatic carbocycles. The lowest BCUT2D eigenvalue weighted by molar-refractivity contribution is 0.0263. The van der Waals surface area contributed by atoms with Crippen molar-refractivity contribution >= 4 is 0 Å². The molecule has 2 rings (SSSR count). The summed E-state index contributed by atoms with van der Waals surface area (Å²) in [7, 11) is 0. The molecule has 0 bridgehead atoms. The normalized spacial score (nSPS) is 29.5. The minimum Gasteiger partial charge on any atom is -0.394 e. The van der Waals surface area contributed by atoms with Crippen LogP contribution >= 0.6 is 0 Å². The molecular formula is C19H30O5. The van der Waals surface area contributed by atoms with Gasteiger partial charge in [-0.1, -0.05) is 30.3 Å². The molecule has 1 aliphatic rings. The molecule has 0 saturated heterocycles. The quantitative estimate of drug-likeness (QED) is 0.460. The molecule has 0 aromatic heterocycles. The third-order valence-corrected chi connectivity index (χ3v) is 5.22. The molecule has 1 aromatic rings. The fourth-order valence-electron chi connectivity index (χ4n) is 3.80. The molecule has 1 aromatic carbocycles. The fraction of sp³-hybridized carbons (Fsp3) is 0.684. The SMILES string of the molecule is OCC(O)CC1C(O)CC(O)C1CCC(O)CCc1ccccc1. The Morgan fingerprint density at radius 1 is 0.917 bits per heavy atom. The van der Waals surface area contributed by atoms with Crippen LogP contribution in [-0.2, 0) is 6.42 Å². The van der Waals surface area contributed by atoms with Gasteiger partial charge in [0.25, 0.3) is 0 Å². The van der Waals surface area contributed by atoms with Crippen molar-refractivity contribution in [1.29, 1.82) is 0 Å². The summed E-state index contributed by atoms with van der Waals surface area (Å²) >= 11 is 0. The lowest BCUT2D eigenvalue weighted by Crippen LogP contribution is -2.29. The van der Waals surface area contributed by atoms with Gasteiger partial charge in [-0.25, -0.2) is 0 Å². The van der Waals surface area contributed by atoms with E-state index in [0.29, 0.717) is 25.7 Å². The van der Waals surface area contributed by atoms with E-state index in [1.54, 1.807) is 0 Å². The molecule has 5 N–H and O–H groups in total. The van der Waals surface area contributed by atoms with E-state index < -0.39 is 24.4 Å². The number of rotatable bonds is 9. The van der Waals surface area contributed by atoms with Gasteiger partial charge < -0.3 is 25.5 Å². The fourth-order valence-corrected chi connectivity index (χ4v) is 3.80. The molecule has 6 atom stereocenters. The maximum atomic E-state index is 10.2. The zero-order valence-corrected chi connectivity index (χ0v) is 14.0. The Balaban J connectivity index is 1.79. The van der Waals surface area contributed by atoms with Crippen molar-refractivity contribution < 1.29 is 25.5 Å². The summed E-state index contributed by atoms with van der Waals surface area (Å²) in [5.41, 5.74) is 1.19. The van der Waals surface area contributed by atoms with Crippen LogP contribution in [0.15, 0.2) is 30.3 Å². The molecular weight excluding hydrogens is 308 g/mol. The van der Waals surface area contributed by atoms with Gasteiger partial charge in [0.1, 0.15) is 0 Å². The van der Waals surface area contributed by atoms with Crippen LogP contribution in [0.25, 0.3) is 0 Å². The van der Waals surface area contributed by atoms with Crippen molar-refractivity contribution in [2.75, 3.05) is 6.61 Å². The van der Waals surface area contributed by atoms with Crippen LogP contribution in [0.2, 0.25) is 0 Å². The van der Waals surface area contributed by atoms with Crippen molar-refractivity contribution in [3.8, 4) is 0 Å². The van der Waals surface area contributed by atoms with Crippen molar-refractivity contribution in [1.82, 2.24) is 0 Å². The first kappa shape index (κ1) is 19.3. The van der Waals surface area contributed by atoms with E-state index in [4.69, 9.17) is 5.11 Å². The van der Waals surface area contributed by atoms with Gasteiger partial charge >= 0.3 is 0 Å². The summed E-state index contributed by atoms with van der Waals surface area (Å²) in [6, 6.07) is 10.0. The lowest BCUT2D eigenvalue weighted by atomic mass is 9.84. The smallest absolute Gasteiger partial charge is 0.0774 e. The molecule has 0 spiro atoms. The minimum absolute atomic E-state index is 0.146. The van der Waals surface area contributed by atoms with Gasteiger partial charge in [-0.15, -0.1) is 0 Å². The van der Waals surface area contributed by atoms with Crippen LogP contribution in [0.5, 0.6) is 0 Å². The van der Waals surface area contributed by atoms with Gasteiger partial charge in [0.2, 0.25) is 0 Å². The van der Waals surface area contributed by atoms with Crippen molar-refractivity contribution in [3.63, 3.8) is 0 Å². The van der Waals surface area contributed by atoms with Crippen LogP contribution in [0.4, 0.5) is 0 Å². The summed E-state index contributed by atoms with van der Waals surface area (Å²) in [5, 5.41) is 49.1. The van der Waals surface area contributed by atoms with E-state index in [2.05, 4.69) is 0 Å². The molecule has 6 unspecified atom stereocenters. The second-order valence-corrected chi connectivity index (χ2v) is 7.03. The first-order valence-electron chi connectivity index (χ1n) is 8.88. The van der Waals surface area contributed by atoms with Crippen molar-refractivity contribution in [3.05, 3.63) is 35.9 Å². The van der Waals surface area contributed by atoms with Crippen LogP contribution < -0.4 is 0 Å². The molecule has 24 heavy (non-hydrogen) atoms. The van der Waals surface area contributed by atoms with Gasteiger partial charge in [0.15, 0.2) is 0 Å². The number of aryl methyl sites for hydroxylation is 1. The zero-order chi connectivity index (χ0) is 17.5. The summed E-state index contributed by atoms with van der Waals surface area (Å²) < 4.78 is 0. The van der Waals surface area contributed by atoms with Gasteiger partial charge in [0, 0.05) is 0 Å². The van der Waals surface area contributed by atoms with E-state index in [-0.39, 0.29) is 24.9 Å². The molecule has 5 nitrogen and oxygen atoms in total. The molecule has 5 heteroatoms. The maximum Gasteiger partial charge on any atom is 0.0774 e. The Hall–Kier alpha value is -0.980. The maximum absolute atomic E-state index is 10.2. The molecule has 1 fully saturated rings. The third-order valence-electron chi connectivity index (χ3n) is 5.22. The number of hydrogen-bond acceptors (Lipinski definition) is 5. The summed E-state index contributed by atoms with van der Waals surface area (Å²) in [6.07, 6.45) is 0.630. The Labute approximate surface area is 143 Å². The van der Waals surface area contributed by atoms with Gasteiger partial charge in [0.05, 0.1) is 31.0 Å². The Kier molecular flexibility index (Phi) is 7.65. The standard InChI is InChI=1S/C19H30O5/c20-12-15(22)10-17-16(18(23)11-19(17)24)9-8-14(21)7-6-13-4-2-1-3-5-13/h1-5,14-24H,6-12H2. The highest BCUT2D eigenvalue weighted by molar-refractivity contribution is 5.14. The van der Waals surface area contributed by atoms with Crippen LogP contribution in [0.1, 0.15) is 37.7 Å². The second-order valence-electron chi connectivity index (χ2n) is 7.03. The lowest BCUT2D eigenvalue weighted by Gasteiger charge is -2.26. The first-order valence-corrected chi connectivity index (χ1v) is 8.88. The van der Waals surface area contributed by atoms with E-state index in [1.807, 2.05) is 30.3 Å². The highest BCUT2D eigenvalue weighted by Gasteiger charge is 2.42. The Morgan fingerprint density at radius 2 is 1.58 bits per heavy atom. The first-order chi connectivity index (χ1) is 11.5. The highest BCUT2D eigenvalue weighted by Crippen LogP contribution is 2.38. The van der Waals surface area contributed by atoms with Gasteiger partial charge in [-0.05, 0) is 55.9 Å². The van der Waals surface area contributed by atoms with Crippen molar-refractivity contribution in [2.24, 2.45) is 11.8 Å². The molecule has 0 aliphatic heterocycles.